The number of hydrogen-bond acceptors (Lipinski definition) is 5. The topological polar surface area (TPSA) is 85.1 Å². The van der Waals surface area contributed by atoms with Crippen molar-refractivity contribution >= 4 is 38.9 Å². The minimum Gasteiger partial charge on any atom is -0.345 e. The van der Waals surface area contributed by atoms with Gasteiger partial charge in [-0.05, 0) is 28.9 Å². The second-order valence-corrected chi connectivity index (χ2v) is 6.06. The van der Waals surface area contributed by atoms with Crippen molar-refractivity contribution in [2.45, 2.75) is 13.5 Å². The van der Waals surface area contributed by atoms with Gasteiger partial charge in [-0.3, -0.25) is 14.9 Å². The Bertz CT molecular complexity index is 672. The molecule has 1 amide bonds. The Labute approximate surface area is 127 Å². The van der Waals surface area contributed by atoms with E-state index in [-0.39, 0.29) is 21.6 Å². The van der Waals surface area contributed by atoms with Crippen molar-refractivity contribution in [2.75, 3.05) is 0 Å². The third-order valence-electron chi connectivity index (χ3n) is 2.49. The number of amides is 1. The van der Waals surface area contributed by atoms with Crippen molar-refractivity contribution in [1.82, 2.24) is 10.3 Å². The molecule has 0 saturated heterocycles. The van der Waals surface area contributed by atoms with Crippen molar-refractivity contribution in [3.05, 3.63) is 54.4 Å². The van der Waals surface area contributed by atoms with Crippen LogP contribution in [0.25, 0.3) is 0 Å². The van der Waals surface area contributed by atoms with E-state index in [0.29, 0.717) is 6.54 Å². The van der Waals surface area contributed by atoms with E-state index < -0.39 is 4.92 Å². The van der Waals surface area contributed by atoms with E-state index in [0.717, 1.165) is 9.88 Å². The maximum absolute atomic E-state index is 12.0. The van der Waals surface area contributed by atoms with E-state index in [1.807, 2.05) is 6.92 Å². The highest BCUT2D eigenvalue weighted by atomic mass is 79.9. The van der Waals surface area contributed by atoms with Crippen LogP contribution in [0.1, 0.15) is 20.2 Å². The van der Waals surface area contributed by atoms with Crippen LogP contribution < -0.4 is 5.32 Å². The molecule has 1 aromatic heterocycles. The first kappa shape index (κ1) is 14.6. The van der Waals surface area contributed by atoms with E-state index in [9.17, 15) is 14.9 Å². The Morgan fingerprint density at radius 2 is 2.30 bits per heavy atom. The van der Waals surface area contributed by atoms with Crippen molar-refractivity contribution in [3.8, 4) is 0 Å². The highest BCUT2D eigenvalue weighted by molar-refractivity contribution is 9.10. The number of aromatic nitrogens is 1. The molecule has 0 saturated carbocycles. The maximum Gasteiger partial charge on any atom is 0.284 e. The van der Waals surface area contributed by atoms with Crippen LogP contribution in [0.5, 0.6) is 0 Å². The van der Waals surface area contributed by atoms with Crippen LogP contribution in [0.4, 0.5) is 5.69 Å². The lowest BCUT2D eigenvalue weighted by atomic mass is 10.2. The van der Waals surface area contributed by atoms with Gasteiger partial charge in [0, 0.05) is 17.1 Å². The summed E-state index contributed by atoms with van der Waals surface area (Å²) in [5, 5.41) is 14.3. The first-order valence-corrected chi connectivity index (χ1v) is 7.22. The number of benzene rings is 1. The minimum absolute atomic E-state index is 0.136. The number of nitrogens with one attached hydrogen (secondary N) is 1. The normalized spacial score (nSPS) is 10.3. The highest BCUT2D eigenvalue weighted by Crippen LogP contribution is 2.28. The maximum atomic E-state index is 12.0. The molecule has 1 N–H and O–H groups in total. The number of rotatable bonds is 4. The zero-order valence-corrected chi connectivity index (χ0v) is 12.8. The fourth-order valence-electron chi connectivity index (χ4n) is 1.57. The summed E-state index contributed by atoms with van der Waals surface area (Å²) in [6.07, 6.45) is 1.73. The van der Waals surface area contributed by atoms with Crippen molar-refractivity contribution < 1.29 is 9.72 Å². The zero-order valence-electron chi connectivity index (χ0n) is 10.4. The summed E-state index contributed by atoms with van der Waals surface area (Å²) in [7, 11) is 0. The molecule has 20 heavy (non-hydrogen) atoms. The molecule has 104 valence electrons. The first-order valence-electron chi connectivity index (χ1n) is 5.61. The van der Waals surface area contributed by atoms with Gasteiger partial charge in [-0.25, -0.2) is 4.98 Å². The lowest BCUT2D eigenvalue weighted by Gasteiger charge is -2.05. The van der Waals surface area contributed by atoms with Gasteiger partial charge in [0.2, 0.25) is 0 Å². The van der Waals surface area contributed by atoms with E-state index >= 15 is 0 Å². The lowest BCUT2D eigenvalue weighted by Crippen LogP contribution is -2.23. The number of aryl methyl sites for hydroxylation is 1. The van der Waals surface area contributed by atoms with E-state index in [4.69, 9.17) is 0 Å². The number of halogens is 1. The van der Waals surface area contributed by atoms with Crippen LogP contribution in [0.15, 0.2) is 28.9 Å². The first-order chi connectivity index (χ1) is 9.49. The molecule has 8 heteroatoms. The molecule has 0 aliphatic carbocycles. The number of nitro groups is 1. The molecule has 0 fully saturated rings. The molecule has 0 aliphatic rings. The summed E-state index contributed by atoms with van der Waals surface area (Å²) in [5.74, 6) is -0.381. The third-order valence-corrected chi connectivity index (χ3v) is 4.24. The summed E-state index contributed by atoms with van der Waals surface area (Å²) in [5.41, 5.74) is 0.0928. The molecule has 2 aromatic rings. The standard InChI is InChI=1S/C12H10BrN3O3S/c1-7-5-14-10(20-7)6-15-12(17)8-3-2-4-9(11(8)13)16(18)19/h2-5H,6H2,1H3,(H,15,17). The molecule has 1 heterocycles. The minimum atomic E-state index is -0.537. The third kappa shape index (κ3) is 3.20. The van der Waals surface area contributed by atoms with Gasteiger partial charge in [0.25, 0.3) is 11.6 Å². The number of carbonyl (C=O) groups is 1. The summed E-state index contributed by atoms with van der Waals surface area (Å²) < 4.78 is 0.179. The molecular weight excluding hydrogens is 346 g/mol. The van der Waals surface area contributed by atoms with Crippen molar-refractivity contribution in [1.29, 1.82) is 0 Å². The molecular formula is C12H10BrN3O3S. The van der Waals surface area contributed by atoms with Gasteiger partial charge in [0.15, 0.2) is 0 Å². The van der Waals surface area contributed by atoms with Crippen LogP contribution in [-0.4, -0.2) is 15.8 Å². The van der Waals surface area contributed by atoms with Crippen LogP contribution in [0.3, 0.4) is 0 Å². The Kier molecular flexibility index (Phi) is 4.46. The molecule has 0 bridgehead atoms. The average molecular weight is 356 g/mol. The van der Waals surface area contributed by atoms with Gasteiger partial charge in [-0.1, -0.05) is 6.07 Å². The quantitative estimate of drug-likeness (QED) is 0.674. The highest BCUT2D eigenvalue weighted by Gasteiger charge is 2.19. The Balaban J connectivity index is 2.13. The van der Waals surface area contributed by atoms with Crippen LogP contribution >= 0.6 is 27.3 Å². The number of thiazole rings is 1. The molecule has 0 spiro atoms. The molecule has 6 nitrogen and oxygen atoms in total. The molecule has 0 aliphatic heterocycles. The smallest absolute Gasteiger partial charge is 0.284 e. The lowest BCUT2D eigenvalue weighted by molar-refractivity contribution is -0.385. The fourth-order valence-corrected chi connectivity index (χ4v) is 2.89. The molecule has 0 radical (unpaired) electrons. The largest absolute Gasteiger partial charge is 0.345 e. The molecule has 0 atom stereocenters. The van der Waals surface area contributed by atoms with Crippen molar-refractivity contribution in [2.24, 2.45) is 0 Å². The van der Waals surface area contributed by atoms with E-state index in [1.165, 1.54) is 29.5 Å². The Hall–Kier alpha value is -1.80. The Morgan fingerprint density at radius 3 is 2.90 bits per heavy atom. The summed E-state index contributed by atoms with van der Waals surface area (Å²) in [4.78, 5) is 27.5. The van der Waals surface area contributed by atoms with Gasteiger partial charge >= 0.3 is 0 Å². The molecule has 1 aromatic carbocycles. The Morgan fingerprint density at radius 1 is 1.55 bits per heavy atom. The van der Waals surface area contributed by atoms with E-state index in [2.05, 4.69) is 26.2 Å². The van der Waals surface area contributed by atoms with Gasteiger partial charge in [0.1, 0.15) is 9.48 Å². The summed E-state index contributed by atoms with van der Waals surface area (Å²) in [6.45, 7) is 2.23. The average Bonchev–Trinajstić information content (AvgIpc) is 2.81. The van der Waals surface area contributed by atoms with Crippen molar-refractivity contribution in [3.63, 3.8) is 0 Å². The predicted molar refractivity (Wildman–Crippen MR) is 78.8 cm³/mol. The van der Waals surface area contributed by atoms with Gasteiger partial charge < -0.3 is 5.32 Å². The number of nitro benzene ring substituents is 1. The monoisotopic (exact) mass is 355 g/mol. The number of nitrogens with zero attached hydrogens (tertiary/aromatic N) is 2. The molecule has 2 rings (SSSR count). The molecule has 0 unspecified atom stereocenters. The van der Waals surface area contributed by atoms with Gasteiger partial charge in [-0.15, -0.1) is 11.3 Å². The van der Waals surface area contributed by atoms with E-state index in [1.54, 1.807) is 6.20 Å². The van der Waals surface area contributed by atoms with Gasteiger partial charge in [-0.2, -0.15) is 0 Å². The summed E-state index contributed by atoms with van der Waals surface area (Å²) >= 11 is 4.59. The van der Waals surface area contributed by atoms with Gasteiger partial charge in [0.05, 0.1) is 17.0 Å². The second-order valence-electron chi connectivity index (χ2n) is 3.94. The van der Waals surface area contributed by atoms with Crippen LogP contribution in [-0.2, 0) is 6.54 Å². The number of carbonyl (C=O) groups excluding carboxylic acids is 1. The predicted octanol–water partition coefficient (Wildman–Crippen LogP) is 3.05. The SMILES string of the molecule is Cc1cnc(CNC(=O)c2cccc([N+](=O)[O-])c2Br)s1. The fraction of sp³-hybridized carbons (Fsp3) is 0.167. The van der Waals surface area contributed by atoms with Crippen LogP contribution in [0, 0.1) is 17.0 Å². The summed E-state index contributed by atoms with van der Waals surface area (Å²) in [6, 6.07) is 4.34. The number of hydrogen-bond donors (Lipinski definition) is 1. The zero-order chi connectivity index (χ0) is 14.7. The second kappa shape index (κ2) is 6.10. The van der Waals surface area contributed by atoms with Crippen LogP contribution in [0.2, 0.25) is 0 Å².